The highest BCUT2D eigenvalue weighted by atomic mass is 79.9. The van der Waals surface area contributed by atoms with Crippen molar-refractivity contribution in [2.24, 2.45) is 0 Å². The standard InChI is InChI=1S/C13H9Br2NO3/c1-7-4-9(15)6-16-12(7)19-11-3-2-8(14)5-10(11)13(17)18/h2-6H,1H3,(H,17,18). The lowest BCUT2D eigenvalue weighted by Gasteiger charge is -2.10. The highest BCUT2D eigenvalue weighted by Gasteiger charge is 2.14. The summed E-state index contributed by atoms with van der Waals surface area (Å²) in [5.41, 5.74) is 0.895. The number of benzene rings is 1. The molecule has 0 amide bonds. The van der Waals surface area contributed by atoms with E-state index in [4.69, 9.17) is 9.84 Å². The lowest BCUT2D eigenvalue weighted by Crippen LogP contribution is -2.01. The van der Waals surface area contributed by atoms with Crippen molar-refractivity contribution in [1.29, 1.82) is 0 Å². The molecule has 2 rings (SSSR count). The summed E-state index contributed by atoms with van der Waals surface area (Å²) >= 11 is 6.54. The quantitative estimate of drug-likeness (QED) is 0.848. The third-order valence-electron chi connectivity index (χ3n) is 2.38. The fourth-order valence-electron chi connectivity index (χ4n) is 1.50. The molecule has 0 aliphatic carbocycles. The minimum Gasteiger partial charge on any atom is -0.478 e. The van der Waals surface area contributed by atoms with E-state index in [1.165, 1.54) is 6.07 Å². The highest BCUT2D eigenvalue weighted by molar-refractivity contribution is 9.10. The topological polar surface area (TPSA) is 59.4 Å². The lowest BCUT2D eigenvalue weighted by atomic mass is 10.2. The second kappa shape index (κ2) is 5.71. The van der Waals surface area contributed by atoms with Gasteiger partial charge in [0.2, 0.25) is 5.88 Å². The molecule has 6 heteroatoms. The molecule has 2 aromatic rings. The van der Waals surface area contributed by atoms with Crippen LogP contribution in [0.1, 0.15) is 15.9 Å². The first kappa shape index (κ1) is 14.0. The van der Waals surface area contributed by atoms with Crippen molar-refractivity contribution in [3.05, 3.63) is 50.5 Å². The van der Waals surface area contributed by atoms with Crippen molar-refractivity contribution in [3.63, 3.8) is 0 Å². The number of aromatic nitrogens is 1. The second-order valence-electron chi connectivity index (χ2n) is 3.82. The predicted molar refractivity (Wildman–Crippen MR) is 77.8 cm³/mol. The first-order valence-corrected chi connectivity index (χ1v) is 6.89. The molecule has 1 aromatic heterocycles. The van der Waals surface area contributed by atoms with Gasteiger partial charge in [-0.3, -0.25) is 0 Å². The Morgan fingerprint density at radius 1 is 1.26 bits per heavy atom. The van der Waals surface area contributed by atoms with Crippen LogP contribution >= 0.6 is 31.9 Å². The van der Waals surface area contributed by atoms with Gasteiger partial charge in [-0.1, -0.05) is 15.9 Å². The van der Waals surface area contributed by atoms with Crippen LogP contribution in [-0.4, -0.2) is 16.1 Å². The number of carbonyl (C=O) groups is 1. The van der Waals surface area contributed by atoms with Crippen molar-refractivity contribution in [2.75, 3.05) is 0 Å². The van der Waals surface area contributed by atoms with E-state index >= 15 is 0 Å². The van der Waals surface area contributed by atoms with E-state index in [0.29, 0.717) is 10.4 Å². The summed E-state index contributed by atoms with van der Waals surface area (Å²) in [6.45, 7) is 1.84. The zero-order chi connectivity index (χ0) is 14.0. The Morgan fingerprint density at radius 2 is 2.00 bits per heavy atom. The number of rotatable bonds is 3. The van der Waals surface area contributed by atoms with Gasteiger partial charge >= 0.3 is 5.97 Å². The Labute approximate surface area is 126 Å². The predicted octanol–water partition coefficient (Wildman–Crippen LogP) is 4.41. The van der Waals surface area contributed by atoms with Crippen LogP contribution < -0.4 is 4.74 Å². The summed E-state index contributed by atoms with van der Waals surface area (Å²) < 4.78 is 7.10. The number of aryl methyl sites for hydroxylation is 1. The maximum atomic E-state index is 11.2. The Hall–Kier alpha value is -1.40. The second-order valence-corrected chi connectivity index (χ2v) is 5.65. The van der Waals surface area contributed by atoms with Crippen molar-refractivity contribution in [1.82, 2.24) is 4.98 Å². The Kier molecular flexibility index (Phi) is 4.21. The number of carboxylic acid groups (broad SMARTS) is 1. The number of pyridine rings is 1. The number of carboxylic acids is 1. The fourth-order valence-corrected chi connectivity index (χ4v) is 2.30. The maximum absolute atomic E-state index is 11.2. The molecule has 19 heavy (non-hydrogen) atoms. The van der Waals surface area contributed by atoms with Crippen molar-refractivity contribution >= 4 is 37.8 Å². The number of hydrogen-bond acceptors (Lipinski definition) is 3. The van der Waals surface area contributed by atoms with Gasteiger partial charge in [-0.25, -0.2) is 9.78 Å². The van der Waals surface area contributed by atoms with Crippen molar-refractivity contribution < 1.29 is 14.6 Å². The smallest absolute Gasteiger partial charge is 0.339 e. The molecular formula is C13H9Br2NO3. The van der Waals surface area contributed by atoms with Crippen LogP contribution in [0.2, 0.25) is 0 Å². The first-order chi connectivity index (χ1) is 8.97. The van der Waals surface area contributed by atoms with Gasteiger partial charge in [0.05, 0.1) is 0 Å². The molecule has 0 spiro atoms. The van der Waals surface area contributed by atoms with E-state index in [0.717, 1.165) is 10.0 Å². The van der Waals surface area contributed by atoms with Gasteiger partial charge in [0.1, 0.15) is 11.3 Å². The van der Waals surface area contributed by atoms with E-state index in [2.05, 4.69) is 36.8 Å². The van der Waals surface area contributed by atoms with E-state index in [1.807, 2.05) is 13.0 Å². The largest absolute Gasteiger partial charge is 0.478 e. The molecule has 1 heterocycles. The van der Waals surface area contributed by atoms with Crippen molar-refractivity contribution in [3.8, 4) is 11.6 Å². The Bertz CT molecular complexity index is 644. The summed E-state index contributed by atoms with van der Waals surface area (Å²) in [7, 11) is 0. The van der Waals surface area contributed by atoms with Crippen LogP contribution in [0.3, 0.4) is 0 Å². The minimum atomic E-state index is -1.05. The van der Waals surface area contributed by atoms with Gasteiger partial charge in [-0.2, -0.15) is 0 Å². The third-order valence-corrected chi connectivity index (χ3v) is 3.30. The fraction of sp³-hybridized carbons (Fsp3) is 0.0769. The van der Waals surface area contributed by atoms with Gasteiger partial charge < -0.3 is 9.84 Å². The summed E-state index contributed by atoms with van der Waals surface area (Å²) in [4.78, 5) is 15.3. The van der Waals surface area contributed by atoms with Crippen LogP contribution in [0, 0.1) is 6.92 Å². The van der Waals surface area contributed by atoms with Crippen LogP contribution in [0.5, 0.6) is 11.6 Å². The molecule has 0 saturated carbocycles. The summed E-state index contributed by atoms with van der Waals surface area (Å²) in [6.07, 6.45) is 1.60. The molecule has 0 atom stereocenters. The molecule has 0 radical (unpaired) electrons. The van der Waals surface area contributed by atoms with E-state index < -0.39 is 5.97 Å². The molecule has 0 fully saturated rings. The molecule has 0 aliphatic rings. The van der Waals surface area contributed by atoms with Crippen LogP contribution in [0.25, 0.3) is 0 Å². The van der Waals surface area contributed by atoms with Crippen LogP contribution in [-0.2, 0) is 0 Å². The Balaban J connectivity index is 2.40. The van der Waals surface area contributed by atoms with Gasteiger partial charge in [-0.05, 0) is 47.1 Å². The first-order valence-electron chi connectivity index (χ1n) is 5.30. The zero-order valence-electron chi connectivity index (χ0n) is 9.85. The van der Waals surface area contributed by atoms with E-state index in [-0.39, 0.29) is 11.3 Å². The SMILES string of the molecule is Cc1cc(Br)cnc1Oc1ccc(Br)cc1C(=O)O. The van der Waals surface area contributed by atoms with Gasteiger partial charge in [0.15, 0.2) is 0 Å². The van der Waals surface area contributed by atoms with E-state index in [9.17, 15) is 4.79 Å². The average molecular weight is 387 g/mol. The summed E-state index contributed by atoms with van der Waals surface area (Å²) in [5.74, 6) is -0.410. The molecule has 1 aromatic carbocycles. The highest BCUT2D eigenvalue weighted by Crippen LogP contribution is 2.29. The number of ether oxygens (including phenoxy) is 1. The minimum absolute atomic E-state index is 0.0819. The number of nitrogens with zero attached hydrogens (tertiary/aromatic N) is 1. The maximum Gasteiger partial charge on any atom is 0.339 e. The molecule has 0 bridgehead atoms. The lowest BCUT2D eigenvalue weighted by molar-refractivity contribution is 0.0694. The van der Waals surface area contributed by atoms with Gasteiger partial charge in [0.25, 0.3) is 0 Å². The monoisotopic (exact) mass is 385 g/mol. The van der Waals surface area contributed by atoms with Gasteiger partial charge in [0, 0.05) is 20.7 Å². The molecule has 0 aliphatic heterocycles. The number of halogens is 2. The third kappa shape index (κ3) is 3.33. The van der Waals surface area contributed by atoms with Crippen LogP contribution in [0.4, 0.5) is 0 Å². The normalized spacial score (nSPS) is 10.3. The average Bonchev–Trinajstić information content (AvgIpc) is 2.34. The molecule has 98 valence electrons. The molecular weight excluding hydrogens is 378 g/mol. The zero-order valence-corrected chi connectivity index (χ0v) is 13.0. The van der Waals surface area contributed by atoms with Crippen LogP contribution in [0.15, 0.2) is 39.4 Å². The Morgan fingerprint density at radius 3 is 2.63 bits per heavy atom. The summed E-state index contributed by atoms with van der Waals surface area (Å²) in [5, 5.41) is 9.15. The van der Waals surface area contributed by atoms with Gasteiger partial charge in [-0.15, -0.1) is 0 Å². The molecule has 1 N–H and O–H groups in total. The number of aromatic carboxylic acids is 1. The van der Waals surface area contributed by atoms with E-state index in [1.54, 1.807) is 18.3 Å². The van der Waals surface area contributed by atoms with Crippen molar-refractivity contribution in [2.45, 2.75) is 6.92 Å². The molecule has 4 nitrogen and oxygen atoms in total. The summed E-state index contributed by atoms with van der Waals surface area (Å²) in [6, 6.07) is 6.65. The number of hydrogen-bond donors (Lipinski definition) is 1. The molecule has 0 unspecified atom stereocenters. The molecule has 0 saturated heterocycles.